The second-order valence-electron chi connectivity index (χ2n) is 5.96. The number of benzene rings is 2. The molecule has 2 amide bonds. The van der Waals surface area contributed by atoms with Gasteiger partial charge in [-0.3, -0.25) is 19.7 Å². The largest absolute Gasteiger partial charge is 0.349 e. The summed E-state index contributed by atoms with van der Waals surface area (Å²) in [6.07, 6.45) is 4.67. The van der Waals surface area contributed by atoms with E-state index >= 15 is 0 Å². The Labute approximate surface area is 149 Å². The fraction of sp³-hybridized carbons (Fsp3) is 0.158. The highest BCUT2D eigenvalue weighted by Crippen LogP contribution is 2.20. The molecule has 2 N–H and O–H groups in total. The normalized spacial score (nSPS) is 13.4. The molecule has 26 heavy (non-hydrogen) atoms. The summed E-state index contributed by atoms with van der Waals surface area (Å²) in [6, 6.07) is 13.0. The first-order chi connectivity index (χ1) is 12.5. The number of hydrogen-bond acceptors (Lipinski definition) is 4. The number of carbonyl (C=O) groups is 2. The second-order valence-corrected chi connectivity index (χ2v) is 5.96. The van der Waals surface area contributed by atoms with Gasteiger partial charge in [-0.15, -0.1) is 0 Å². The van der Waals surface area contributed by atoms with Gasteiger partial charge in [-0.1, -0.05) is 12.1 Å². The second kappa shape index (κ2) is 7.60. The number of carbonyl (C=O) groups excluding carboxylic acids is 2. The van der Waals surface area contributed by atoms with Crippen LogP contribution in [0.25, 0.3) is 6.08 Å². The zero-order valence-electron chi connectivity index (χ0n) is 13.8. The lowest BCUT2D eigenvalue weighted by molar-refractivity contribution is -0.385. The van der Waals surface area contributed by atoms with E-state index in [2.05, 4.69) is 10.6 Å². The SMILES string of the molecule is O=C(/C=C/c1ccccc1[N+](=O)[O-])Nc1ccc(C(=O)NC2CC2)cc1. The van der Waals surface area contributed by atoms with Crippen molar-refractivity contribution in [2.75, 3.05) is 5.32 Å². The van der Waals surface area contributed by atoms with E-state index in [4.69, 9.17) is 0 Å². The van der Waals surface area contributed by atoms with Gasteiger partial charge in [0.2, 0.25) is 5.91 Å². The molecule has 1 fully saturated rings. The van der Waals surface area contributed by atoms with Gasteiger partial charge in [0.05, 0.1) is 10.5 Å². The van der Waals surface area contributed by atoms with Gasteiger partial charge in [0.15, 0.2) is 0 Å². The molecule has 0 aliphatic heterocycles. The maximum Gasteiger partial charge on any atom is 0.276 e. The molecule has 0 heterocycles. The third-order valence-corrected chi connectivity index (χ3v) is 3.87. The van der Waals surface area contributed by atoms with Crippen molar-refractivity contribution in [3.05, 3.63) is 75.8 Å². The van der Waals surface area contributed by atoms with Crippen molar-refractivity contribution in [1.29, 1.82) is 0 Å². The summed E-state index contributed by atoms with van der Waals surface area (Å²) in [4.78, 5) is 34.4. The van der Waals surface area contributed by atoms with Crippen molar-refractivity contribution in [1.82, 2.24) is 5.32 Å². The van der Waals surface area contributed by atoms with Gasteiger partial charge >= 0.3 is 0 Å². The van der Waals surface area contributed by atoms with Crippen LogP contribution in [0.4, 0.5) is 11.4 Å². The smallest absolute Gasteiger partial charge is 0.276 e. The van der Waals surface area contributed by atoms with E-state index in [1.165, 1.54) is 18.2 Å². The molecule has 1 aliphatic carbocycles. The van der Waals surface area contributed by atoms with Gasteiger partial charge < -0.3 is 10.6 Å². The molecule has 132 valence electrons. The zero-order valence-corrected chi connectivity index (χ0v) is 13.8. The number of nitrogens with one attached hydrogen (secondary N) is 2. The van der Waals surface area contributed by atoms with Gasteiger partial charge in [0.1, 0.15) is 0 Å². The number of anilines is 1. The van der Waals surface area contributed by atoms with Crippen molar-refractivity contribution in [2.24, 2.45) is 0 Å². The number of rotatable bonds is 6. The molecule has 0 radical (unpaired) electrons. The minimum atomic E-state index is -0.497. The van der Waals surface area contributed by atoms with Crippen molar-refractivity contribution >= 4 is 29.3 Å². The van der Waals surface area contributed by atoms with Crippen LogP contribution in [-0.2, 0) is 4.79 Å². The summed E-state index contributed by atoms with van der Waals surface area (Å²) >= 11 is 0. The predicted octanol–water partition coefficient (Wildman–Crippen LogP) is 3.14. The Kier molecular flexibility index (Phi) is 5.07. The zero-order chi connectivity index (χ0) is 18.5. The minimum Gasteiger partial charge on any atom is -0.349 e. The van der Waals surface area contributed by atoms with Crippen molar-refractivity contribution < 1.29 is 14.5 Å². The molecule has 2 aromatic carbocycles. The van der Waals surface area contributed by atoms with Crippen LogP contribution in [0.1, 0.15) is 28.8 Å². The van der Waals surface area contributed by atoms with E-state index < -0.39 is 10.8 Å². The molecule has 0 bridgehead atoms. The lowest BCUT2D eigenvalue weighted by Gasteiger charge is -2.05. The quantitative estimate of drug-likeness (QED) is 0.474. The fourth-order valence-corrected chi connectivity index (χ4v) is 2.35. The number of nitrogens with zero attached hydrogens (tertiary/aromatic N) is 1. The first-order valence-corrected chi connectivity index (χ1v) is 8.16. The molecule has 0 aromatic heterocycles. The molecule has 0 spiro atoms. The standard InChI is InChI=1S/C19H17N3O4/c23-18(12-7-13-3-1-2-4-17(13)22(25)26)20-15-8-5-14(6-9-15)19(24)21-16-10-11-16/h1-9,12,16H,10-11H2,(H,20,23)(H,21,24)/b12-7+. The van der Waals surface area contributed by atoms with E-state index in [0.717, 1.165) is 12.8 Å². The number of nitro groups is 1. The molecule has 1 aliphatic rings. The van der Waals surface area contributed by atoms with Gasteiger partial charge in [-0.25, -0.2) is 0 Å². The summed E-state index contributed by atoms with van der Waals surface area (Å²) < 4.78 is 0. The molecule has 2 aromatic rings. The number of nitro benzene ring substituents is 1. The van der Waals surface area contributed by atoms with E-state index in [1.54, 1.807) is 42.5 Å². The van der Waals surface area contributed by atoms with Crippen LogP contribution in [0.2, 0.25) is 0 Å². The van der Waals surface area contributed by atoms with Crippen LogP contribution in [0.15, 0.2) is 54.6 Å². The van der Waals surface area contributed by atoms with Crippen molar-refractivity contribution in [2.45, 2.75) is 18.9 Å². The molecular formula is C19H17N3O4. The summed E-state index contributed by atoms with van der Waals surface area (Å²) in [7, 11) is 0. The Bertz CT molecular complexity index is 871. The summed E-state index contributed by atoms with van der Waals surface area (Å²) in [5, 5.41) is 16.5. The highest BCUT2D eigenvalue weighted by molar-refractivity contribution is 6.02. The maximum absolute atomic E-state index is 12.0. The minimum absolute atomic E-state index is 0.0671. The molecule has 0 atom stereocenters. The summed E-state index contributed by atoms with van der Waals surface area (Å²) in [6.45, 7) is 0. The Morgan fingerprint density at radius 2 is 1.77 bits per heavy atom. The van der Waals surface area contributed by atoms with E-state index in [0.29, 0.717) is 16.8 Å². The fourth-order valence-electron chi connectivity index (χ4n) is 2.35. The first-order valence-electron chi connectivity index (χ1n) is 8.16. The van der Waals surface area contributed by atoms with Crippen LogP contribution < -0.4 is 10.6 Å². The Balaban J connectivity index is 1.61. The monoisotopic (exact) mass is 351 g/mol. The topological polar surface area (TPSA) is 101 Å². The van der Waals surface area contributed by atoms with Crippen molar-refractivity contribution in [3.8, 4) is 0 Å². The number of amides is 2. The van der Waals surface area contributed by atoms with Crippen LogP contribution in [0.5, 0.6) is 0 Å². The number of hydrogen-bond donors (Lipinski definition) is 2. The average Bonchev–Trinajstić information content (AvgIpc) is 3.44. The van der Waals surface area contributed by atoms with Crippen LogP contribution in [-0.4, -0.2) is 22.8 Å². The molecule has 7 nitrogen and oxygen atoms in total. The first kappa shape index (κ1) is 17.3. The third kappa shape index (κ3) is 4.54. The molecule has 0 saturated heterocycles. The lowest BCUT2D eigenvalue weighted by atomic mass is 10.1. The Morgan fingerprint density at radius 3 is 2.42 bits per heavy atom. The highest BCUT2D eigenvalue weighted by Gasteiger charge is 2.23. The van der Waals surface area contributed by atoms with Crippen LogP contribution >= 0.6 is 0 Å². The molecule has 7 heteroatoms. The van der Waals surface area contributed by atoms with E-state index in [9.17, 15) is 19.7 Å². The van der Waals surface area contributed by atoms with E-state index in [-0.39, 0.29) is 17.6 Å². The van der Waals surface area contributed by atoms with Gasteiger partial charge in [0.25, 0.3) is 11.6 Å². The van der Waals surface area contributed by atoms with Gasteiger partial charge in [0, 0.05) is 29.4 Å². The van der Waals surface area contributed by atoms with Crippen LogP contribution in [0, 0.1) is 10.1 Å². The Hall–Kier alpha value is -3.48. The molecule has 3 rings (SSSR count). The predicted molar refractivity (Wildman–Crippen MR) is 97.7 cm³/mol. The number of para-hydroxylation sites is 1. The highest BCUT2D eigenvalue weighted by atomic mass is 16.6. The maximum atomic E-state index is 12.0. The summed E-state index contributed by atoms with van der Waals surface area (Å²) in [5.74, 6) is -0.542. The lowest BCUT2D eigenvalue weighted by Crippen LogP contribution is -2.25. The van der Waals surface area contributed by atoms with Crippen molar-refractivity contribution in [3.63, 3.8) is 0 Å². The van der Waals surface area contributed by atoms with Crippen LogP contribution in [0.3, 0.4) is 0 Å². The summed E-state index contributed by atoms with van der Waals surface area (Å²) in [5.41, 5.74) is 1.35. The van der Waals surface area contributed by atoms with Gasteiger partial charge in [-0.05, 0) is 49.2 Å². The molecule has 1 saturated carbocycles. The van der Waals surface area contributed by atoms with E-state index in [1.807, 2.05) is 0 Å². The third-order valence-electron chi connectivity index (χ3n) is 3.87. The molecule has 0 unspecified atom stereocenters. The van der Waals surface area contributed by atoms with Gasteiger partial charge in [-0.2, -0.15) is 0 Å². The Morgan fingerprint density at radius 1 is 1.08 bits per heavy atom. The average molecular weight is 351 g/mol. The molecular weight excluding hydrogens is 334 g/mol.